The van der Waals surface area contributed by atoms with E-state index < -0.39 is 27.7 Å². The van der Waals surface area contributed by atoms with Gasteiger partial charge in [0.05, 0.1) is 11.7 Å². The van der Waals surface area contributed by atoms with Crippen molar-refractivity contribution < 1.29 is 27.0 Å². The molecule has 52 heavy (non-hydrogen) atoms. The number of anilines is 1. The van der Waals surface area contributed by atoms with Gasteiger partial charge in [0.25, 0.3) is 16.0 Å². The highest BCUT2D eigenvalue weighted by Crippen LogP contribution is 2.63. The van der Waals surface area contributed by atoms with E-state index in [1.54, 1.807) is 24.3 Å². The Morgan fingerprint density at radius 1 is 0.942 bits per heavy atom. The number of carbonyl (C=O) groups excluding carboxylic acids is 2. The van der Waals surface area contributed by atoms with Crippen LogP contribution in [0.4, 0.5) is 5.69 Å². The number of allylic oxidation sites excluding steroid dienone is 2. The van der Waals surface area contributed by atoms with E-state index in [0.29, 0.717) is 46.9 Å². The van der Waals surface area contributed by atoms with Gasteiger partial charge in [0, 0.05) is 23.4 Å². The van der Waals surface area contributed by atoms with Crippen molar-refractivity contribution in [3.63, 3.8) is 0 Å². The first-order valence-corrected chi connectivity index (χ1v) is 19.4. The predicted molar refractivity (Wildman–Crippen MR) is 203 cm³/mol. The normalized spacial score (nSPS) is 20.2. The number of amides is 2. The third-order valence-electron chi connectivity index (χ3n) is 10.8. The van der Waals surface area contributed by atoms with E-state index >= 15 is 0 Å². The summed E-state index contributed by atoms with van der Waals surface area (Å²) in [4.78, 5) is 31.2. The van der Waals surface area contributed by atoms with Crippen LogP contribution in [0.1, 0.15) is 66.6 Å². The number of benzene rings is 4. The maximum atomic E-state index is 14.1. The highest BCUT2D eigenvalue weighted by Gasteiger charge is 2.52. The van der Waals surface area contributed by atoms with Crippen LogP contribution >= 0.6 is 0 Å². The highest BCUT2D eigenvalue weighted by molar-refractivity contribution is 7.85. The lowest BCUT2D eigenvalue weighted by Gasteiger charge is -2.34. The van der Waals surface area contributed by atoms with E-state index in [1.807, 2.05) is 48.5 Å². The van der Waals surface area contributed by atoms with Gasteiger partial charge in [0.2, 0.25) is 11.8 Å². The van der Waals surface area contributed by atoms with Gasteiger partial charge in [0.1, 0.15) is 5.52 Å². The second kappa shape index (κ2) is 14.2. The first kappa shape index (κ1) is 35.3. The summed E-state index contributed by atoms with van der Waals surface area (Å²) < 4.78 is 36.9. The Morgan fingerprint density at radius 3 is 2.29 bits per heavy atom. The van der Waals surface area contributed by atoms with Gasteiger partial charge in [-0.15, -0.1) is 0 Å². The fraction of sp³-hybridized carbons (Fsp3) is 0.310. The molecule has 1 aromatic heterocycles. The minimum absolute atomic E-state index is 0.154. The van der Waals surface area contributed by atoms with E-state index in [1.165, 1.54) is 24.0 Å². The smallest absolute Gasteiger partial charge is 0.266 e. The molecular weight excluding hydrogens is 675 g/mol. The Hall–Kier alpha value is -5.06. The van der Waals surface area contributed by atoms with Crippen molar-refractivity contribution >= 4 is 44.3 Å². The molecule has 2 aliphatic rings. The molecule has 9 nitrogen and oxygen atoms in total. The molecule has 4 aromatic carbocycles. The van der Waals surface area contributed by atoms with Crippen molar-refractivity contribution in [2.45, 2.75) is 46.0 Å². The fourth-order valence-electron chi connectivity index (χ4n) is 8.45. The number of hydrogen-bond acceptors (Lipinski definition) is 6. The van der Waals surface area contributed by atoms with Gasteiger partial charge >= 0.3 is 0 Å². The Bertz CT molecular complexity index is 2210. The van der Waals surface area contributed by atoms with Gasteiger partial charge in [-0.05, 0) is 113 Å². The number of nitrogens with one attached hydrogen (secondary N) is 2. The van der Waals surface area contributed by atoms with E-state index in [9.17, 15) is 18.0 Å². The van der Waals surface area contributed by atoms with Gasteiger partial charge < -0.3 is 15.1 Å². The molecule has 2 amide bonds. The molecule has 5 aromatic rings. The van der Waals surface area contributed by atoms with Crippen LogP contribution in [0, 0.1) is 23.2 Å². The van der Waals surface area contributed by atoms with Crippen LogP contribution in [0.15, 0.2) is 108 Å². The van der Waals surface area contributed by atoms with Crippen molar-refractivity contribution in [2.24, 2.45) is 23.2 Å². The van der Waals surface area contributed by atoms with E-state index in [-0.39, 0.29) is 17.9 Å². The van der Waals surface area contributed by atoms with Crippen molar-refractivity contribution in [3.05, 3.63) is 125 Å². The zero-order valence-corrected chi connectivity index (χ0v) is 30.3. The number of para-hydroxylation sites is 2. The summed E-state index contributed by atoms with van der Waals surface area (Å²) in [5.41, 5.74) is 7.78. The topological polar surface area (TPSA) is 139 Å². The lowest BCUT2D eigenvalue weighted by molar-refractivity contribution is -0.117. The third kappa shape index (κ3) is 7.31. The van der Waals surface area contributed by atoms with Crippen molar-refractivity contribution in [1.82, 2.24) is 10.3 Å². The maximum Gasteiger partial charge on any atom is 0.266 e. The molecule has 2 bridgehead atoms. The van der Waals surface area contributed by atoms with Gasteiger partial charge in [-0.3, -0.25) is 14.1 Å². The van der Waals surface area contributed by atoms with Crippen molar-refractivity contribution in [3.8, 4) is 11.5 Å². The lowest BCUT2D eigenvalue weighted by Crippen LogP contribution is -2.28. The number of oxazole rings is 1. The van der Waals surface area contributed by atoms with E-state index in [2.05, 4.69) is 66.7 Å². The Kier molecular flexibility index (Phi) is 9.63. The third-order valence-corrected chi connectivity index (χ3v) is 11.6. The summed E-state index contributed by atoms with van der Waals surface area (Å²) >= 11 is 0. The summed E-state index contributed by atoms with van der Waals surface area (Å²) in [5.74, 6) is 0.644. The molecule has 0 radical (unpaired) electrons. The number of hydrogen-bond donors (Lipinski definition) is 3. The molecule has 4 atom stereocenters. The highest BCUT2D eigenvalue weighted by atomic mass is 32.2. The summed E-state index contributed by atoms with van der Waals surface area (Å²) in [6.45, 7) is 6.87. The second-order valence-corrected chi connectivity index (χ2v) is 16.2. The molecule has 3 N–H and O–H groups in total. The average Bonchev–Trinajstić information content (AvgIpc) is 3.79. The molecule has 0 spiro atoms. The first-order valence-electron chi connectivity index (χ1n) is 17.8. The molecule has 0 saturated heterocycles. The molecule has 1 saturated carbocycles. The zero-order chi connectivity index (χ0) is 36.6. The van der Waals surface area contributed by atoms with Crippen LogP contribution < -0.4 is 10.6 Å². The second-order valence-electron chi connectivity index (χ2n) is 14.6. The SMILES string of the molecule is CC(C)C1C2C=C(c3ccc(C(Cc4ccc(C(=O)NCCS(=O)(=O)O)cc4)C(=O)Nc4ccc(-c5nc6ccccc6o5)cc4)cc3)C1(C)CC2. The summed E-state index contributed by atoms with van der Waals surface area (Å²) in [5, 5.41) is 5.61. The van der Waals surface area contributed by atoms with Crippen molar-refractivity contribution in [2.75, 3.05) is 17.6 Å². The van der Waals surface area contributed by atoms with Crippen LogP contribution in [0.5, 0.6) is 0 Å². The zero-order valence-electron chi connectivity index (χ0n) is 29.5. The van der Waals surface area contributed by atoms with Crippen LogP contribution in [0.25, 0.3) is 28.1 Å². The molecule has 2 aliphatic carbocycles. The largest absolute Gasteiger partial charge is 0.436 e. The minimum Gasteiger partial charge on any atom is -0.436 e. The van der Waals surface area contributed by atoms with Crippen LogP contribution in [-0.4, -0.2) is 42.1 Å². The first-order chi connectivity index (χ1) is 24.9. The summed E-state index contributed by atoms with van der Waals surface area (Å²) in [6.07, 6.45) is 5.30. The fourth-order valence-corrected chi connectivity index (χ4v) is 8.81. The van der Waals surface area contributed by atoms with E-state index in [0.717, 1.165) is 22.2 Å². The number of fused-ring (bicyclic) bond motifs is 3. The van der Waals surface area contributed by atoms with Gasteiger partial charge in [-0.25, -0.2) is 4.98 Å². The summed E-state index contributed by atoms with van der Waals surface area (Å²) in [7, 11) is -4.18. The molecule has 1 heterocycles. The average molecular weight is 718 g/mol. The number of carbonyl (C=O) groups is 2. The van der Waals surface area contributed by atoms with Gasteiger partial charge in [0.15, 0.2) is 5.58 Å². The minimum atomic E-state index is -4.18. The molecule has 0 aliphatic heterocycles. The van der Waals surface area contributed by atoms with Crippen LogP contribution in [0.3, 0.4) is 0 Å². The molecule has 10 heteroatoms. The Morgan fingerprint density at radius 2 is 1.63 bits per heavy atom. The summed E-state index contributed by atoms with van der Waals surface area (Å²) in [6, 6.07) is 30.3. The Balaban J connectivity index is 1.11. The van der Waals surface area contributed by atoms with Crippen LogP contribution in [0.2, 0.25) is 0 Å². The molecule has 1 fully saturated rings. The molecular formula is C42H43N3O6S. The van der Waals surface area contributed by atoms with Crippen LogP contribution in [-0.2, 0) is 21.3 Å². The quantitative estimate of drug-likeness (QED) is 0.111. The predicted octanol–water partition coefficient (Wildman–Crippen LogP) is 8.16. The number of rotatable bonds is 12. The lowest BCUT2D eigenvalue weighted by atomic mass is 9.70. The Labute approximate surface area is 304 Å². The molecule has 4 unspecified atom stereocenters. The monoisotopic (exact) mass is 717 g/mol. The standard InChI is InChI=1S/C42H43N3O6S/c1-26(2)38-32-20-21-42(38,3)35(25-32)29-14-12-28(13-15-29)34(24-27-8-10-30(11-9-27)39(46)43-22-23-52(48,49)50)40(47)44-33-18-16-31(17-19-33)41-45-36-6-4-5-7-37(36)51-41/h4-19,25-26,32,34,38H,20-24H2,1-3H3,(H,43,46)(H,44,47)(H,48,49,50). The molecule has 268 valence electrons. The number of aromatic nitrogens is 1. The van der Waals surface area contributed by atoms with Gasteiger partial charge in [-0.2, -0.15) is 8.42 Å². The number of nitrogens with zero attached hydrogens (tertiary/aromatic N) is 1. The van der Waals surface area contributed by atoms with Gasteiger partial charge in [-0.1, -0.05) is 75.4 Å². The maximum absolute atomic E-state index is 14.1. The van der Waals surface area contributed by atoms with Crippen molar-refractivity contribution in [1.29, 1.82) is 0 Å². The molecule has 7 rings (SSSR count). The van der Waals surface area contributed by atoms with E-state index in [4.69, 9.17) is 8.97 Å².